The first-order valence-corrected chi connectivity index (χ1v) is 15.1. The molecule has 0 radical (unpaired) electrons. The minimum atomic E-state index is -1.06. The first-order valence-electron chi connectivity index (χ1n) is 15.1. The van der Waals surface area contributed by atoms with Gasteiger partial charge < -0.3 is 24.2 Å². The number of fused-ring (bicyclic) bond motifs is 6. The second-order valence-electron chi connectivity index (χ2n) is 12.1. The van der Waals surface area contributed by atoms with Gasteiger partial charge in [-0.15, -0.1) is 0 Å². The maximum Gasteiger partial charge on any atom is 0.263 e. The van der Waals surface area contributed by atoms with Gasteiger partial charge in [0.2, 0.25) is 5.88 Å². The minimum Gasteiger partial charge on any atom is -0.480 e. The maximum absolute atomic E-state index is 13.3. The molecule has 1 amide bonds. The van der Waals surface area contributed by atoms with E-state index in [0.29, 0.717) is 43.3 Å². The fourth-order valence-corrected chi connectivity index (χ4v) is 6.16. The van der Waals surface area contributed by atoms with Crippen LogP contribution < -0.4 is 9.47 Å². The molecule has 224 valence electrons. The van der Waals surface area contributed by atoms with E-state index in [1.165, 1.54) is 0 Å². The summed E-state index contributed by atoms with van der Waals surface area (Å²) in [5, 5.41) is 21.2. The van der Waals surface area contributed by atoms with Crippen molar-refractivity contribution < 1.29 is 24.1 Å². The number of carbonyl (C=O) groups is 1. The fourth-order valence-electron chi connectivity index (χ4n) is 6.16. The molecule has 2 saturated heterocycles. The van der Waals surface area contributed by atoms with Crippen LogP contribution in [0.15, 0.2) is 42.6 Å². The van der Waals surface area contributed by atoms with Crippen molar-refractivity contribution in [2.45, 2.75) is 57.5 Å². The summed E-state index contributed by atoms with van der Waals surface area (Å²) in [6.07, 6.45) is 8.66. The van der Waals surface area contributed by atoms with Crippen LogP contribution >= 0.6 is 0 Å². The Hall–Kier alpha value is -4.15. The van der Waals surface area contributed by atoms with E-state index < -0.39 is 11.7 Å². The lowest BCUT2D eigenvalue weighted by atomic mass is 9.96. The molecule has 4 bridgehead atoms. The largest absolute Gasteiger partial charge is 0.480 e. The summed E-state index contributed by atoms with van der Waals surface area (Å²) in [6, 6.07) is 12.0. The molecule has 0 aliphatic carbocycles. The van der Waals surface area contributed by atoms with Crippen LogP contribution in [0.1, 0.15) is 62.6 Å². The third kappa shape index (κ3) is 5.19. The molecule has 1 unspecified atom stereocenters. The molecule has 2 fully saturated rings. The predicted octanol–water partition coefficient (Wildman–Crippen LogP) is 4.91. The molecule has 43 heavy (non-hydrogen) atoms. The van der Waals surface area contributed by atoms with E-state index in [4.69, 9.17) is 19.3 Å². The number of benzene rings is 2. The summed E-state index contributed by atoms with van der Waals surface area (Å²) in [7, 11) is 1.86. The average Bonchev–Trinajstić information content (AvgIpc) is 3.67. The number of aliphatic hydroxyl groups is 1. The zero-order valence-electron chi connectivity index (χ0n) is 24.8. The lowest BCUT2D eigenvalue weighted by molar-refractivity contribution is -0.133. The van der Waals surface area contributed by atoms with Crippen LogP contribution in [0.5, 0.6) is 11.6 Å². The first-order chi connectivity index (χ1) is 20.8. The molecular formula is C33H37N5O5. The Kier molecular flexibility index (Phi) is 6.98. The highest BCUT2D eigenvalue weighted by atomic mass is 16.5. The van der Waals surface area contributed by atoms with Gasteiger partial charge in [0, 0.05) is 37.6 Å². The molecule has 2 atom stereocenters. The molecule has 5 heterocycles. The maximum atomic E-state index is 13.3. The molecule has 2 aromatic carbocycles. The third-order valence-corrected chi connectivity index (χ3v) is 8.62. The molecule has 3 aliphatic heterocycles. The Morgan fingerprint density at radius 1 is 1.02 bits per heavy atom. The highest BCUT2D eigenvalue weighted by molar-refractivity contribution is 5.94. The second kappa shape index (κ2) is 10.8. The first kappa shape index (κ1) is 27.7. The Balaban J connectivity index is 1.39. The zero-order valence-corrected chi connectivity index (χ0v) is 24.8. The van der Waals surface area contributed by atoms with Gasteiger partial charge >= 0.3 is 0 Å². The van der Waals surface area contributed by atoms with Crippen LogP contribution in [0.25, 0.3) is 34.2 Å². The van der Waals surface area contributed by atoms with Crippen molar-refractivity contribution >= 4 is 29.0 Å². The average molecular weight is 584 g/mol. The van der Waals surface area contributed by atoms with Gasteiger partial charge in [-0.1, -0.05) is 18.2 Å². The second-order valence-corrected chi connectivity index (χ2v) is 12.1. The summed E-state index contributed by atoms with van der Waals surface area (Å²) in [6.45, 7) is 5.55. The van der Waals surface area contributed by atoms with Gasteiger partial charge in [0.05, 0.1) is 35.1 Å². The number of amides is 1. The van der Waals surface area contributed by atoms with E-state index in [9.17, 15) is 9.90 Å². The van der Waals surface area contributed by atoms with E-state index in [2.05, 4.69) is 23.3 Å². The van der Waals surface area contributed by atoms with Gasteiger partial charge in [0.15, 0.2) is 12.3 Å². The number of rotatable bonds is 2. The van der Waals surface area contributed by atoms with Gasteiger partial charge in [-0.3, -0.25) is 4.79 Å². The molecule has 4 aromatic rings. The lowest BCUT2D eigenvalue weighted by Gasteiger charge is -2.23. The van der Waals surface area contributed by atoms with E-state index in [1.807, 2.05) is 48.3 Å². The van der Waals surface area contributed by atoms with Gasteiger partial charge in [-0.2, -0.15) is 10.2 Å². The summed E-state index contributed by atoms with van der Waals surface area (Å²) in [5.41, 5.74) is 4.08. The molecule has 7 rings (SSSR count). The Labute approximate surface area is 250 Å². The minimum absolute atomic E-state index is 0.0682. The zero-order chi connectivity index (χ0) is 29.7. The van der Waals surface area contributed by atoms with E-state index in [1.54, 1.807) is 23.4 Å². The monoisotopic (exact) mass is 583 g/mol. The van der Waals surface area contributed by atoms with Crippen LogP contribution in [0.4, 0.5) is 0 Å². The molecule has 10 heteroatoms. The highest BCUT2D eigenvalue weighted by Gasteiger charge is 2.34. The summed E-state index contributed by atoms with van der Waals surface area (Å²) in [5.74, 6) is 1.13. The van der Waals surface area contributed by atoms with Crippen molar-refractivity contribution in [3.63, 3.8) is 0 Å². The van der Waals surface area contributed by atoms with Crippen molar-refractivity contribution in [2.75, 3.05) is 26.3 Å². The van der Waals surface area contributed by atoms with Crippen LogP contribution in [-0.4, -0.2) is 67.9 Å². The molecule has 0 saturated carbocycles. The van der Waals surface area contributed by atoms with Crippen molar-refractivity contribution in [3.8, 4) is 22.8 Å². The smallest absolute Gasteiger partial charge is 0.263 e. The van der Waals surface area contributed by atoms with Crippen molar-refractivity contribution in [1.82, 2.24) is 24.5 Å². The van der Waals surface area contributed by atoms with E-state index in [-0.39, 0.29) is 12.1 Å². The van der Waals surface area contributed by atoms with Crippen LogP contribution in [-0.2, 0) is 22.2 Å². The molecule has 10 nitrogen and oxygen atoms in total. The lowest BCUT2D eigenvalue weighted by Crippen LogP contribution is -2.35. The van der Waals surface area contributed by atoms with E-state index in [0.717, 1.165) is 59.2 Å². The number of nitrogens with zero attached hydrogens (tertiary/aromatic N) is 5. The van der Waals surface area contributed by atoms with Gasteiger partial charge in [0.25, 0.3) is 5.91 Å². The van der Waals surface area contributed by atoms with Crippen molar-refractivity contribution in [1.29, 1.82) is 0 Å². The van der Waals surface area contributed by atoms with Gasteiger partial charge in [0.1, 0.15) is 12.4 Å². The standard InChI is InChI=1S/C33H37N5O5/c1-33(2,40)23-10-7-21-8-11-26-24-18-22(9-12-27(24)38(35-26)30-6-4-5-16-41-30)25-20-34-36(3)32(25)42-17-15-37-14-13-28(31(37)39)43-29(21)19-23/h7-12,18-20,28,30,40H,4-6,13-17H2,1-3H3/b11-8-/t28-,30?/m1/s1. The molecule has 2 aromatic heterocycles. The number of aromatic nitrogens is 4. The number of hydrogen-bond donors (Lipinski definition) is 1. The van der Waals surface area contributed by atoms with Crippen LogP contribution in [0, 0.1) is 0 Å². The van der Waals surface area contributed by atoms with Gasteiger partial charge in [-0.25, -0.2) is 9.36 Å². The summed E-state index contributed by atoms with van der Waals surface area (Å²) in [4.78, 5) is 15.1. The number of ether oxygens (including phenoxy) is 3. The van der Waals surface area contributed by atoms with Gasteiger partial charge in [-0.05, 0) is 74.6 Å². The number of hydrogen-bond acceptors (Lipinski definition) is 7. The quantitative estimate of drug-likeness (QED) is 0.358. The Bertz CT molecular complexity index is 1710. The Morgan fingerprint density at radius 3 is 2.72 bits per heavy atom. The molecule has 3 aliphatic rings. The molecule has 1 N–H and O–H groups in total. The van der Waals surface area contributed by atoms with E-state index >= 15 is 0 Å². The van der Waals surface area contributed by atoms with Crippen molar-refractivity contribution in [3.05, 3.63) is 59.4 Å². The number of carbonyl (C=O) groups excluding carboxylic acids is 1. The number of aryl methyl sites for hydroxylation is 1. The third-order valence-electron chi connectivity index (χ3n) is 8.62. The SMILES string of the molecule is Cn1ncc2c1OCCN1CC[C@@H](Oc3cc(C(C)(C)O)ccc3/C=C\c3nn(C4CCCCO4)c4ccc-2cc34)C1=O. The summed E-state index contributed by atoms with van der Waals surface area (Å²) < 4.78 is 22.5. The van der Waals surface area contributed by atoms with Crippen LogP contribution in [0.3, 0.4) is 0 Å². The fraction of sp³-hybridized carbons (Fsp3) is 0.424. The predicted molar refractivity (Wildman–Crippen MR) is 162 cm³/mol. The highest BCUT2D eigenvalue weighted by Crippen LogP contribution is 2.36. The normalized spacial score (nSPS) is 21.7. The summed E-state index contributed by atoms with van der Waals surface area (Å²) >= 11 is 0. The molecular weight excluding hydrogens is 546 g/mol. The Morgan fingerprint density at radius 2 is 1.91 bits per heavy atom. The van der Waals surface area contributed by atoms with Crippen LogP contribution in [0.2, 0.25) is 0 Å². The topological polar surface area (TPSA) is 104 Å². The van der Waals surface area contributed by atoms with Crippen molar-refractivity contribution in [2.24, 2.45) is 7.05 Å². The molecule has 0 spiro atoms.